The van der Waals surface area contributed by atoms with E-state index in [4.69, 9.17) is 18.9 Å². The van der Waals surface area contributed by atoms with Crippen LogP contribution in [0, 0.1) is 0 Å². The molecule has 72 heavy (non-hydrogen) atoms. The van der Waals surface area contributed by atoms with Gasteiger partial charge in [-0.05, 0) is 101 Å². The van der Waals surface area contributed by atoms with Crippen molar-refractivity contribution < 1.29 is 38.1 Å². The third-order valence-corrected chi connectivity index (χ3v) is 12.9. The van der Waals surface area contributed by atoms with Crippen LogP contribution in [0.25, 0.3) is 22.3 Å². The standard InChI is InChI=1S/C60H60N4O8/c1-4-61-56(65)39-71-45-32-30-44(31-33-45)57(51-35-34-46(69-2)37-55(51)70-3)64-58(66)53(25-15-18-40-16-7-5-8-17-40)62-59(67)54(36-41-26-28-43(29-27-41)42-19-9-6-10-20-42)63-60(68)72-38-52-49-23-13-11-21-47(49)48-22-12-14-24-50(48)52/h5-14,16-17,19-24,26-35,37,52-54,57H,4,15,18,25,36,38-39H2,1-3H3,(H,61,65)(H,62,67)(H,63,68)(H,64,66)/t53-,54?,57?/m0/s1. The van der Waals surface area contributed by atoms with Crippen LogP contribution in [0.1, 0.15) is 65.1 Å². The summed E-state index contributed by atoms with van der Waals surface area (Å²) in [5.41, 5.74) is 9.57. The van der Waals surface area contributed by atoms with Crippen LogP contribution in [0.4, 0.5) is 4.79 Å². The highest BCUT2D eigenvalue weighted by molar-refractivity contribution is 5.92. The van der Waals surface area contributed by atoms with Crippen molar-refractivity contribution in [1.82, 2.24) is 21.3 Å². The van der Waals surface area contributed by atoms with Gasteiger partial charge >= 0.3 is 6.09 Å². The number of aryl methyl sites for hydroxylation is 1. The number of rotatable bonds is 22. The zero-order chi connectivity index (χ0) is 50.2. The molecule has 2 unspecified atom stereocenters. The quantitative estimate of drug-likeness (QED) is 0.0524. The molecule has 3 atom stereocenters. The average Bonchev–Trinajstić information content (AvgIpc) is 3.74. The summed E-state index contributed by atoms with van der Waals surface area (Å²) < 4.78 is 23.1. The van der Waals surface area contributed by atoms with Crippen molar-refractivity contribution in [3.8, 4) is 39.5 Å². The highest BCUT2D eigenvalue weighted by Gasteiger charge is 2.32. The molecule has 4 N–H and O–H groups in total. The Morgan fingerprint density at radius 2 is 1.19 bits per heavy atom. The lowest BCUT2D eigenvalue weighted by molar-refractivity contribution is -0.130. The van der Waals surface area contributed by atoms with E-state index >= 15 is 0 Å². The summed E-state index contributed by atoms with van der Waals surface area (Å²) in [6, 6.07) is 53.5. The van der Waals surface area contributed by atoms with Gasteiger partial charge < -0.3 is 40.2 Å². The number of hydrogen-bond acceptors (Lipinski definition) is 8. The van der Waals surface area contributed by atoms with Crippen LogP contribution >= 0.6 is 0 Å². The maximum absolute atomic E-state index is 15.0. The van der Waals surface area contributed by atoms with E-state index in [9.17, 15) is 19.2 Å². The fraction of sp³-hybridized carbons (Fsp3) is 0.233. The van der Waals surface area contributed by atoms with E-state index in [0.29, 0.717) is 47.8 Å². The first-order valence-corrected chi connectivity index (χ1v) is 24.3. The van der Waals surface area contributed by atoms with E-state index in [1.807, 2.05) is 134 Å². The number of nitrogens with one attached hydrogen (secondary N) is 4. The molecule has 7 aromatic rings. The molecule has 0 aromatic heterocycles. The van der Waals surface area contributed by atoms with Gasteiger partial charge in [0.25, 0.3) is 5.91 Å². The molecule has 0 fully saturated rings. The molecule has 368 valence electrons. The number of likely N-dealkylation sites (N-methyl/N-ethyl adjacent to an activating group) is 1. The summed E-state index contributed by atoms with van der Waals surface area (Å²) in [5, 5.41) is 11.9. The Morgan fingerprint density at radius 1 is 0.583 bits per heavy atom. The fourth-order valence-electron chi connectivity index (χ4n) is 9.18. The number of carbonyl (C=O) groups excluding carboxylic acids is 4. The molecule has 4 amide bonds. The molecule has 8 rings (SSSR count). The smallest absolute Gasteiger partial charge is 0.407 e. The van der Waals surface area contributed by atoms with Crippen molar-refractivity contribution in [2.24, 2.45) is 0 Å². The average molecular weight is 965 g/mol. The number of ether oxygens (including phenoxy) is 4. The topological polar surface area (TPSA) is 153 Å². The van der Waals surface area contributed by atoms with Gasteiger partial charge in [-0.3, -0.25) is 14.4 Å². The minimum Gasteiger partial charge on any atom is -0.497 e. The Morgan fingerprint density at radius 3 is 1.85 bits per heavy atom. The van der Waals surface area contributed by atoms with Gasteiger partial charge in [0, 0.05) is 30.5 Å². The lowest BCUT2D eigenvalue weighted by atomic mass is 9.96. The van der Waals surface area contributed by atoms with Crippen molar-refractivity contribution in [3.05, 3.63) is 209 Å². The highest BCUT2D eigenvalue weighted by atomic mass is 16.5. The first-order valence-electron chi connectivity index (χ1n) is 24.3. The molecular weight excluding hydrogens is 905 g/mol. The van der Waals surface area contributed by atoms with Gasteiger partial charge in [-0.25, -0.2) is 4.79 Å². The Hall–Kier alpha value is -8.38. The van der Waals surface area contributed by atoms with E-state index in [1.54, 1.807) is 38.5 Å². The van der Waals surface area contributed by atoms with Crippen molar-refractivity contribution in [1.29, 1.82) is 0 Å². The van der Waals surface area contributed by atoms with E-state index in [2.05, 4.69) is 45.5 Å². The minimum atomic E-state index is -1.13. The minimum absolute atomic E-state index is 0.0575. The van der Waals surface area contributed by atoms with Gasteiger partial charge in [-0.1, -0.05) is 146 Å². The van der Waals surface area contributed by atoms with E-state index < -0.39 is 36.0 Å². The van der Waals surface area contributed by atoms with Crippen LogP contribution in [0.2, 0.25) is 0 Å². The molecule has 12 nitrogen and oxygen atoms in total. The molecular formula is C60H60N4O8. The molecule has 7 aromatic carbocycles. The van der Waals surface area contributed by atoms with E-state index in [-0.39, 0.29) is 37.9 Å². The summed E-state index contributed by atoms with van der Waals surface area (Å²) in [7, 11) is 3.10. The molecule has 0 radical (unpaired) electrons. The second-order valence-electron chi connectivity index (χ2n) is 17.6. The van der Waals surface area contributed by atoms with Crippen molar-refractivity contribution in [3.63, 3.8) is 0 Å². The molecule has 1 aliphatic carbocycles. The SMILES string of the molecule is CCNC(=O)COc1ccc(C(NC(=O)[C@H](CCCc2ccccc2)NC(=O)C(Cc2ccc(-c3ccccc3)cc2)NC(=O)OCC2c3ccccc3-c3ccccc32)c2ccc(OC)cc2OC)cc1. The Balaban J connectivity index is 1.07. The largest absolute Gasteiger partial charge is 0.497 e. The third-order valence-electron chi connectivity index (χ3n) is 12.9. The monoisotopic (exact) mass is 964 g/mol. The molecule has 0 heterocycles. The van der Waals surface area contributed by atoms with Gasteiger partial charge in [-0.2, -0.15) is 0 Å². The predicted octanol–water partition coefficient (Wildman–Crippen LogP) is 9.75. The molecule has 0 bridgehead atoms. The lowest BCUT2D eigenvalue weighted by Crippen LogP contribution is -2.55. The molecule has 0 spiro atoms. The Labute approximate surface area is 421 Å². The number of carbonyl (C=O) groups is 4. The first kappa shape index (κ1) is 50.0. The highest BCUT2D eigenvalue weighted by Crippen LogP contribution is 2.44. The summed E-state index contributed by atoms with van der Waals surface area (Å²) in [6.07, 6.45) is 0.845. The van der Waals surface area contributed by atoms with Crippen LogP contribution in [0.5, 0.6) is 17.2 Å². The Kier molecular flexibility index (Phi) is 17.0. The van der Waals surface area contributed by atoms with Gasteiger partial charge in [0.2, 0.25) is 11.8 Å². The number of benzene rings is 7. The molecule has 12 heteroatoms. The number of alkyl carbamates (subject to hydrolysis) is 1. The third kappa shape index (κ3) is 12.7. The van der Waals surface area contributed by atoms with Crippen LogP contribution in [-0.4, -0.2) is 69.9 Å². The summed E-state index contributed by atoms with van der Waals surface area (Å²) >= 11 is 0. The first-order chi connectivity index (χ1) is 35.2. The molecule has 1 aliphatic rings. The summed E-state index contributed by atoms with van der Waals surface area (Å²) in [4.78, 5) is 55.9. The zero-order valence-corrected chi connectivity index (χ0v) is 40.8. The van der Waals surface area contributed by atoms with Crippen molar-refractivity contribution in [2.75, 3.05) is 34.0 Å². The van der Waals surface area contributed by atoms with E-state index in [1.165, 1.54) is 0 Å². The predicted molar refractivity (Wildman–Crippen MR) is 279 cm³/mol. The number of hydrogen-bond donors (Lipinski definition) is 4. The van der Waals surface area contributed by atoms with Crippen LogP contribution in [0.15, 0.2) is 176 Å². The molecule has 0 aliphatic heterocycles. The van der Waals surface area contributed by atoms with Crippen molar-refractivity contribution in [2.45, 2.75) is 56.7 Å². The molecule has 0 saturated heterocycles. The fourth-order valence-corrected chi connectivity index (χ4v) is 9.18. The van der Waals surface area contributed by atoms with Gasteiger partial charge in [-0.15, -0.1) is 0 Å². The summed E-state index contributed by atoms with van der Waals surface area (Å²) in [6.45, 7) is 2.23. The Bertz CT molecular complexity index is 2880. The molecule has 0 saturated carbocycles. The normalized spacial score (nSPS) is 12.8. The maximum Gasteiger partial charge on any atom is 0.407 e. The number of amides is 4. The number of methoxy groups -OCH3 is 2. The van der Waals surface area contributed by atoms with Crippen LogP contribution in [0.3, 0.4) is 0 Å². The lowest BCUT2D eigenvalue weighted by Gasteiger charge is -2.27. The second kappa shape index (κ2) is 24.4. The van der Waals surface area contributed by atoms with Gasteiger partial charge in [0.1, 0.15) is 35.9 Å². The van der Waals surface area contributed by atoms with E-state index in [0.717, 1.165) is 44.5 Å². The maximum atomic E-state index is 15.0. The van der Waals surface area contributed by atoms with Gasteiger partial charge in [0.15, 0.2) is 6.61 Å². The number of fused-ring (bicyclic) bond motifs is 3. The summed E-state index contributed by atoms with van der Waals surface area (Å²) in [5.74, 6) is 0.0498. The second-order valence-corrected chi connectivity index (χ2v) is 17.6. The van der Waals surface area contributed by atoms with Gasteiger partial charge in [0.05, 0.1) is 20.3 Å². The zero-order valence-electron chi connectivity index (χ0n) is 40.8. The van der Waals surface area contributed by atoms with Crippen LogP contribution < -0.4 is 35.5 Å². The van der Waals surface area contributed by atoms with Crippen LogP contribution in [-0.2, 0) is 32.0 Å². The van der Waals surface area contributed by atoms with Crippen molar-refractivity contribution >= 4 is 23.8 Å².